The minimum Gasteiger partial charge on any atom is -0.462 e. The number of nitrogens with one attached hydrogen (secondary N) is 1. The van der Waals surface area contributed by atoms with Crippen LogP contribution in [0.15, 0.2) is 48.5 Å². The van der Waals surface area contributed by atoms with Gasteiger partial charge in [0.1, 0.15) is 0 Å². The molecule has 2 fully saturated rings. The number of amides is 3. The molecule has 0 aromatic heterocycles. The summed E-state index contributed by atoms with van der Waals surface area (Å²) < 4.78 is 10.3. The van der Waals surface area contributed by atoms with Crippen molar-refractivity contribution in [2.75, 3.05) is 23.4 Å². The third kappa shape index (κ3) is 6.04. The van der Waals surface area contributed by atoms with Crippen LogP contribution >= 0.6 is 0 Å². The quantitative estimate of drug-likeness (QED) is 0.425. The van der Waals surface area contributed by atoms with E-state index in [9.17, 15) is 24.0 Å². The number of rotatable bonds is 8. The molecule has 0 radical (unpaired) electrons. The van der Waals surface area contributed by atoms with Gasteiger partial charge < -0.3 is 14.8 Å². The first kappa shape index (κ1) is 26.1. The number of fused-ring (bicyclic) bond motifs is 1. The fourth-order valence-electron chi connectivity index (χ4n) is 4.62. The lowest BCUT2D eigenvalue weighted by Crippen LogP contribution is -2.31. The van der Waals surface area contributed by atoms with E-state index in [0.717, 1.165) is 12.8 Å². The Bertz CT molecular complexity index is 1180. The first-order valence-corrected chi connectivity index (χ1v) is 12.5. The molecule has 1 saturated carbocycles. The van der Waals surface area contributed by atoms with Gasteiger partial charge in [-0.3, -0.25) is 19.3 Å². The average Bonchev–Trinajstić information content (AvgIpc) is 3.16. The van der Waals surface area contributed by atoms with Crippen molar-refractivity contribution >= 4 is 41.0 Å². The van der Waals surface area contributed by atoms with Gasteiger partial charge in [0.25, 0.3) is 5.91 Å². The Morgan fingerprint density at radius 1 is 0.892 bits per heavy atom. The Balaban J connectivity index is 1.31. The summed E-state index contributed by atoms with van der Waals surface area (Å²) in [4.78, 5) is 63.7. The molecule has 0 unspecified atom stereocenters. The number of esters is 2. The van der Waals surface area contributed by atoms with Crippen molar-refractivity contribution in [3.05, 3.63) is 59.7 Å². The van der Waals surface area contributed by atoms with Crippen LogP contribution in [-0.4, -0.2) is 42.9 Å². The summed E-state index contributed by atoms with van der Waals surface area (Å²) in [5, 5.41) is 2.60. The second-order valence-corrected chi connectivity index (χ2v) is 9.75. The van der Waals surface area contributed by atoms with E-state index >= 15 is 0 Å². The van der Waals surface area contributed by atoms with Gasteiger partial charge in [0.2, 0.25) is 11.8 Å². The van der Waals surface area contributed by atoms with Crippen LogP contribution in [0.4, 0.5) is 11.4 Å². The van der Waals surface area contributed by atoms with Crippen molar-refractivity contribution < 1.29 is 33.4 Å². The number of carbonyl (C=O) groups is 5. The van der Waals surface area contributed by atoms with Gasteiger partial charge in [-0.15, -0.1) is 0 Å². The van der Waals surface area contributed by atoms with Crippen molar-refractivity contribution in [1.29, 1.82) is 0 Å². The monoisotopic (exact) mass is 506 g/mol. The minimum absolute atomic E-state index is 0.130. The third-order valence-electron chi connectivity index (χ3n) is 6.47. The smallest absolute Gasteiger partial charge is 0.338 e. The van der Waals surface area contributed by atoms with E-state index in [4.69, 9.17) is 9.47 Å². The molecule has 9 nitrogen and oxygen atoms in total. The number of anilines is 2. The largest absolute Gasteiger partial charge is 0.462 e. The van der Waals surface area contributed by atoms with E-state index in [-0.39, 0.29) is 35.1 Å². The highest BCUT2D eigenvalue weighted by Gasteiger charge is 2.48. The number of hydrogen-bond acceptors (Lipinski definition) is 7. The molecule has 4 rings (SSSR count). The predicted molar refractivity (Wildman–Crippen MR) is 135 cm³/mol. The number of nitrogens with zero attached hydrogens (tertiary/aromatic N) is 1. The molecule has 194 valence electrons. The first-order chi connectivity index (χ1) is 17.7. The molecule has 2 aromatic rings. The lowest BCUT2D eigenvalue weighted by atomic mass is 9.81. The Hall–Kier alpha value is -4.01. The van der Waals surface area contributed by atoms with Gasteiger partial charge >= 0.3 is 11.9 Å². The van der Waals surface area contributed by atoms with E-state index in [0.29, 0.717) is 36.4 Å². The standard InChI is InChI=1S/C28H30N2O7/c1-17(2)15-36-27(34)18-10-12-20(13-11-18)29-24(31)16-37-28(35)19-6-5-7-21(14-19)30-25(32)22-8-3-4-9-23(22)26(30)33/h5-7,10-14,17,22-23H,3-4,8-9,15-16H2,1-2H3,(H,29,31)/t22-,23+. The summed E-state index contributed by atoms with van der Waals surface area (Å²) in [5.74, 6) is -2.57. The van der Waals surface area contributed by atoms with Gasteiger partial charge in [-0.1, -0.05) is 32.8 Å². The molecule has 1 aliphatic heterocycles. The van der Waals surface area contributed by atoms with E-state index in [1.54, 1.807) is 24.3 Å². The molecule has 2 atom stereocenters. The normalized spacial score (nSPS) is 18.9. The summed E-state index contributed by atoms with van der Waals surface area (Å²) in [7, 11) is 0. The van der Waals surface area contributed by atoms with E-state index in [1.165, 1.54) is 29.2 Å². The summed E-state index contributed by atoms with van der Waals surface area (Å²) in [5.41, 5.74) is 1.25. The van der Waals surface area contributed by atoms with Gasteiger partial charge in [-0.25, -0.2) is 9.59 Å². The van der Waals surface area contributed by atoms with Gasteiger partial charge in [0.05, 0.1) is 35.3 Å². The van der Waals surface area contributed by atoms with Crippen LogP contribution in [0.2, 0.25) is 0 Å². The average molecular weight is 507 g/mol. The molecule has 1 N–H and O–H groups in total. The number of hydrogen-bond donors (Lipinski definition) is 1. The van der Waals surface area contributed by atoms with Crippen LogP contribution in [-0.2, 0) is 23.9 Å². The Labute approximate surface area is 215 Å². The van der Waals surface area contributed by atoms with Gasteiger partial charge in [0, 0.05) is 5.69 Å². The fourth-order valence-corrected chi connectivity index (χ4v) is 4.62. The number of benzene rings is 2. The molecule has 0 bridgehead atoms. The Morgan fingerprint density at radius 2 is 1.51 bits per heavy atom. The van der Waals surface area contributed by atoms with E-state index in [2.05, 4.69) is 5.32 Å². The van der Waals surface area contributed by atoms with Gasteiger partial charge in [-0.2, -0.15) is 0 Å². The van der Waals surface area contributed by atoms with Crippen LogP contribution < -0.4 is 10.2 Å². The molecule has 1 heterocycles. The molecule has 2 aromatic carbocycles. The third-order valence-corrected chi connectivity index (χ3v) is 6.47. The van der Waals surface area contributed by atoms with Crippen LogP contribution in [0.1, 0.15) is 60.2 Å². The number of ether oxygens (including phenoxy) is 2. The van der Waals surface area contributed by atoms with E-state index < -0.39 is 24.5 Å². The zero-order valence-electron chi connectivity index (χ0n) is 20.9. The van der Waals surface area contributed by atoms with Crippen molar-refractivity contribution in [3.8, 4) is 0 Å². The predicted octanol–water partition coefficient (Wildman–Crippen LogP) is 3.97. The summed E-state index contributed by atoms with van der Waals surface area (Å²) in [6.45, 7) is 3.66. The van der Waals surface area contributed by atoms with Crippen molar-refractivity contribution in [3.63, 3.8) is 0 Å². The highest BCUT2D eigenvalue weighted by molar-refractivity contribution is 6.22. The highest BCUT2D eigenvalue weighted by atomic mass is 16.5. The van der Waals surface area contributed by atoms with Crippen LogP contribution in [0.5, 0.6) is 0 Å². The highest BCUT2D eigenvalue weighted by Crippen LogP contribution is 2.40. The van der Waals surface area contributed by atoms with Crippen molar-refractivity contribution in [2.45, 2.75) is 39.5 Å². The lowest BCUT2D eigenvalue weighted by molar-refractivity contribution is -0.122. The second kappa shape index (κ2) is 11.4. The van der Waals surface area contributed by atoms with Gasteiger partial charge in [0.15, 0.2) is 6.61 Å². The number of imide groups is 1. The summed E-state index contributed by atoms with van der Waals surface area (Å²) >= 11 is 0. The molecule has 1 aliphatic carbocycles. The van der Waals surface area contributed by atoms with Crippen molar-refractivity contribution in [2.24, 2.45) is 17.8 Å². The zero-order chi connectivity index (χ0) is 26.5. The maximum atomic E-state index is 12.8. The molecular weight excluding hydrogens is 476 g/mol. The SMILES string of the molecule is CC(C)COC(=O)c1ccc(NC(=O)COC(=O)c2cccc(N3C(=O)[C@H]4CCCC[C@H]4C3=O)c2)cc1. The topological polar surface area (TPSA) is 119 Å². The second-order valence-electron chi connectivity index (χ2n) is 9.75. The van der Waals surface area contributed by atoms with Crippen LogP contribution in [0.25, 0.3) is 0 Å². The van der Waals surface area contributed by atoms with Crippen LogP contribution in [0, 0.1) is 17.8 Å². The molecule has 9 heteroatoms. The molecule has 1 saturated heterocycles. The van der Waals surface area contributed by atoms with Gasteiger partial charge in [-0.05, 0) is 61.2 Å². The first-order valence-electron chi connectivity index (χ1n) is 12.5. The molecule has 2 aliphatic rings. The summed E-state index contributed by atoms with van der Waals surface area (Å²) in [6.07, 6.45) is 3.26. The van der Waals surface area contributed by atoms with E-state index in [1.807, 2.05) is 13.8 Å². The maximum absolute atomic E-state index is 12.8. The van der Waals surface area contributed by atoms with Crippen molar-refractivity contribution in [1.82, 2.24) is 0 Å². The Kier molecular flexibility index (Phi) is 8.01. The number of carbonyl (C=O) groups excluding carboxylic acids is 5. The molecular formula is C28H30N2O7. The van der Waals surface area contributed by atoms with Crippen LogP contribution in [0.3, 0.4) is 0 Å². The maximum Gasteiger partial charge on any atom is 0.338 e. The zero-order valence-corrected chi connectivity index (χ0v) is 20.9. The minimum atomic E-state index is -0.753. The molecule has 0 spiro atoms. The fraction of sp³-hybridized carbons (Fsp3) is 0.393. The summed E-state index contributed by atoms with van der Waals surface area (Å²) in [6, 6.07) is 12.3. The lowest BCUT2D eigenvalue weighted by Gasteiger charge is -2.19. The molecule has 3 amide bonds. The molecule has 37 heavy (non-hydrogen) atoms. The Morgan fingerprint density at radius 3 is 2.14 bits per heavy atom.